The van der Waals surface area contributed by atoms with E-state index in [1.54, 1.807) is 29.7 Å². The number of thiazole rings is 1. The molecule has 1 fully saturated rings. The van der Waals surface area contributed by atoms with Gasteiger partial charge in [0.25, 0.3) is 0 Å². The van der Waals surface area contributed by atoms with Gasteiger partial charge in [0.05, 0.1) is 19.9 Å². The molecule has 1 aromatic carbocycles. The maximum atomic E-state index is 13.2. The van der Waals surface area contributed by atoms with E-state index in [0.29, 0.717) is 5.09 Å². The normalized spacial score (nSPS) is 17.4. The zero-order chi connectivity index (χ0) is 20.6. The number of thioether (sulfide) groups is 1. The van der Waals surface area contributed by atoms with Gasteiger partial charge in [0.1, 0.15) is 0 Å². The fourth-order valence-electron chi connectivity index (χ4n) is 3.47. The van der Waals surface area contributed by atoms with Crippen molar-refractivity contribution >= 4 is 54.1 Å². The van der Waals surface area contributed by atoms with Crippen LogP contribution < -0.4 is 4.90 Å². The number of fused-ring (bicyclic) bond motifs is 1. The van der Waals surface area contributed by atoms with Crippen molar-refractivity contribution in [2.45, 2.75) is 30.1 Å². The summed E-state index contributed by atoms with van der Waals surface area (Å²) in [7, 11) is -2.65. The predicted molar refractivity (Wildman–Crippen MR) is 121 cm³/mol. The Balaban J connectivity index is 1.46. The number of carbonyl (C=O) groups excluding carboxylic acids is 1. The van der Waals surface area contributed by atoms with E-state index in [1.165, 1.54) is 22.0 Å². The molecule has 9 heteroatoms. The molecule has 1 amide bonds. The van der Waals surface area contributed by atoms with Gasteiger partial charge in [-0.05, 0) is 55.9 Å². The molecule has 4 rings (SSSR count). The number of furan rings is 1. The molecule has 0 radical (unpaired) electrons. The maximum Gasteiger partial charge on any atom is 0.320 e. The number of amides is 1. The predicted octanol–water partition coefficient (Wildman–Crippen LogP) is 4.83. The highest BCUT2D eigenvalue weighted by molar-refractivity contribution is 7.98. The summed E-state index contributed by atoms with van der Waals surface area (Å²) in [5.41, 5.74) is 2.22. The summed E-state index contributed by atoms with van der Waals surface area (Å²) < 4.78 is 23.8. The Hall–Kier alpha value is -1.84. The van der Waals surface area contributed by atoms with Gasteiger partial charge in [0, 0.05) is 24.6 Å². The second-order valence-electron chi connectivity index (χ2n) is 7.23. The molecular formula is C20H23N3O3S3. The van der Waals surface area contributed by atoms with Gasteiger partial charge < -0.3 is 9.32 Å². The summed E-state index contributed by atoms with van der Waals surface area (Å²) in [6, 6.07) is 9.62. The first-order valence-electron chi connectivity index (χ1n) is 9.37. The third kappa shape index (κ3) is 4.36. The van der Waals surface area contributed by atoms with Crippen LogP contribution in [-0.2, 0) is 9.73 Å². The fourth-order valence-corrected chi connectivity index (χ4v) is 6.50. The maximum absolute atomic E-state index is 13.2. The number of aryl methyl sites for hydroxylation is 1. The molecule has 3 heterocycles. The minimum Gasteiger partial charge on any atom is -0.445 e. The number of carbonyl (C=O) groups is 1. The van der Waals surface area contributed by atoms with Crippen LogP contribution in [0.4, 0.5) is 5.13 Å². The van der Waals surface area contributed by atoms with Crippen molar-refractivity contribution < 1.29 is 13.4 Å². The van der Waals surface area contributed by atoms with E-state index in [1.807, 2.05) is 6.26 Å². The number of nitrogens with zero attached hydrogens (tertiary/aromatic N) is 3. The van der Waals surface area contributed by atoms with Gasteiger partial charge in [0.2, 0.25) is 0 Å². The lowest BCUT2D eigenvalue weighted by atomic mass is 10.1. The van der Waals surface area contributed by atoms with Gasteiger partial charge >= 0.3 is 5.91 Å². The molecule has 1 unspecified atom stereocenters. The molecule has 0 N–H and O–H groups in total. The summed E-state index contributed by atoms with van der Waals surface area (Å²) in [6.07, 6.45) is 4.89. The highest BCUT2D eigenvalue weighted by Gasteiger charge is 2.28. The summed E-state index contributed by atoms with van der Waals surface area (Å²) in [5, 5.41) is 1.53. The van der Waals surface area contributed by atoms with Crippen LogP contribution in [0.25, 0.3) is 10.2 Å². The summed E-state index contributed by atoms with van der Waals surface area (Å²) in [4.78, 5) is 19.4. The van der Waals surface area contributed by atoms with Gasteiger partial charge in [0.15, 0.2) is 16.0 Å². The van der Waals surface area contributed by atoms with E-state index >= 15 is 0 Å². The van der Waals surface area contributed by atoms with Gasteiger partial charge in [-0.3, -0.25) is 4.79 Å². The monoisotopic (exact) mass is 449 g/mol. The number of benzene rings is 1. The lowest BCUT2D eigenvalue weighted by Crippen LogP contribution is -2.39. The summed E-state index contributed by atoms with van der Waals surface area (Å²) in [6.45, 7) is 3.59. The van der Waals surface area contributed by atoms with Crippen molar-refractivity contribution in [1.82, 2.24) is 4.98 Å². The molecule has 1 saturated heterocycles. The van der Waals surface area contributed by atoms with Crippen molar-refractivity contribution in [2.24, 2.45) is 4.36 Å². The van der Waals surface area contributed by atoms with Crippen LogP contribution in [0.5, 0.6) is 0 Å². The molecule has 1 aliphatic heterocycles. The smallest absolute Gasteiger partial charge is 0.320 e. The van der Waals surface area contributed by atoms with Crippen molar-refractivity contribution in [2.75, 3.05) is 30.5 Å². The van der Waals surface area contributed by atoms with Gasteiger partial charge in [-0.15, -0.1) is 0 Å². The Bertz CT molecular complexity index is 1170. The Morgan fingerprint density at radius 1 is 1.31 bits per heavy atom. The third-order valence-electron chi connectivity index (χ3n) is 5.12. The lowest BCUT2D eigenvalue weighted by molar-refractivity contribution is 0.0973. The molecule has 154 valence electrons. The van der Waals surface area contributed by atoms with E-state index in [9.17, 15) is 9.00 Å². The van der Waals surface area contributed by atoms with E-state index < -0.39 is 15.6 Å². The van der Waals surface area contributed by atoms with Crippen molar-refractivity contribution in [3.63, 3.8) is 0 Å². The number of aromatic nitrogens is 1. The van der Waals surface area contributed by atoms with Crippen molar-refractivity contribution in [3.05, 3.63) is 41.7 Å². The molecule has 0 bridgehead atoms. The Labute approximate surface area is 178 Å². The largest absolute Gasteiger partial charge is 0.445 e. The Morgan fingerprint density at radius 2 is 2.07 bits per heavy atom. The minimum absolute atomic E-state index is 0.116. The topological polar surface area (TPSA) is 75.8 Å². The Kier molecular flexibility index (Phi) is 5.72. The van der Waals surface area contributed by atoms with Crippen LogP contribution in [0, 0.1) is 6.92 Å². The highest BCUT2D eigenvalue weighted by atomic mass is 32.2. The molecule has 0 saturated carbocycles. The van der Waals surface area contributed by atoms with E-state index in [4.69, 9.17) is 9.40 Å². The zero-order valence-electron chi connectivity index (χ0n) is 16.6. The first-order valence-corrected chi connectivity index (χ1v) is 13.4. The van der Waals surface area contributed by atoms with Gasteiger partial charge in [-0.25, -0.2) is 9.19 Å². The fraction of sp³-hybridized carbons (Fsp3) is 0.400. The first kappa shape index (κ1) is 20.4. The average molecular weight is 450 g/mol. The lowest BCUT2D eigenvalue weighted by Gasteiger charge is -2.32. The van der Waals surface area contributed by atoms with Gasteiger partial charge in [-0.2, -0.15) is 4.36 Å². The highest BCUT2D eigenvalue weighted by Crippen LogP contribution is 2.32. The number of anilines is 1. The van der Waals surface area contributed by atoms with E-state index in [2.05, 4.69) is 34.4 Å². The summed E-state index contributed by atoms with van der Waals surface area (Å²) in [5.74, 6) is -0.395. The van der Waals surface area contributed by atoms with Crippen LogP contribution in [0.3, 0.4) is 0 Å². The van der Waals surface area contributed by atoms with E-state index in [-0.39, 0.29) is 11.0 Å². The minimum atomic E-state index is -2.65. The molecule has 6 nitrogen and oxygen atoms in total. The Morgan fingerprint density at radius 3 is 2.76 bits per heavy atom. The zero-order valence-corrected chi connectivity index (χ0v) is 19.0. The quantitative estimate of drug-likeness (QED) is 0.531. The van der Waals surface area contributed by atoms with E-state index in [0.717, 1.165) is 36.6 Å². The van der Waals surface area contributed by atoms with Crippen LogP contribution in [-0.4, -0.2) is 46.0 Å². The second-order valence-corrected chi connectivity index (χ2v) is 11.6. The molecule has 0 aliphatic carbocycles. The number of piperidine rings is 1. The van der Waals surface area contributed by atoms with Crippen LogP contribution in [0.1, 0.15) is 29.0 Å². The van der Waals surface area contributed by atoms with Crippen molar-refractivity contribution in [1.29, 1.82) is 0 Å². The second kappa shape index (κ2) is 8.12. The molecular weight excluding hydrogens is 426 g/mol. The molecule has 3 aromatic rings. The van der Waals surface area contributed by atoms with Crippen LogP contribution in [0.2, 0.25) is 0 Å². The first-order chi connectivity index (χ1) is 13.9. The third-order valence-corrected chi connectivity index (χ3v) is 9.08. The molecule has 29 heavy (non-hydrogen) atoms. The molecule has 1 atom stereocenters. The van der Waals surface area contributed by atoms with Crippen LogP contribution >= 0.6 is 23.1 Å². The van der Waals surface area contributed by atoms with Gasteiger partial charge in [-0.1, -0.05) is 29.2 Å². The SMILES string of the molecule is CSc1ccc(C(=O)N=S(C)(=O)C2CCN(c3nc4cc(C)ccc4s3)CC2)o1. The standard InChI is InChI=1S/C20H23N3O3S3/c1-13-4-6-17-15(12-13)21-20(28-17)23-10-8-14(9-11-23)29(3,25)22-19(24)16-5-7-18(26-16)27-2/h4-7,12,14H,8-11H2,1-3H3. The average Bonchev–Trinajstić information content (AvgIpc) is 3.34. The number of rotatable bonds is 4. The van der Waals surface area contributed by atoms with Crippen LogP contribution in [0.15, 0.2) is 44.2 Å². The molecule has 0 spiro atoms. The number of hydrogen-bond donors (Lipinski definition) is 0. The molecule has 1 aliphatic rings. The number of hydrogen-bond acceptors (Lipinski definition) is 7. The molecule has 2 aromatic heterocycles. The summed E-state index contributed by atoms with van der Waals surface area (Å²) >= 11 is 3.10. The van der Waals surface area contributed by atoms with Crippen molar-refractivity contribution in [3.8, 4) is 0 Å².